The van der Waals surface area contributed by atoms with Gasteiger partial charge in [-0.1, -0.05) is 39.3 Å². The third kappa shape index (κ3) is 4.82. The number of fused-ring (bicyclic) bond motifs is 1. The number of rotatable bonds is 8. The molecule has 0 amide bonds. The fourth-order valence-corrected chi connectivity index (χ4v) is 3.75. The third-order valence-electron chi connectivity index (χ3n) is 5.63. The summed E-state index contributed by atoms with van der Waals surface area (Å²) >= 11 is 6.12. The molecule has 2 aromatic carbocycles. The highest BCUT2D eigenvalue weighted by molar-refractivity contribution is 6.31. The second-order valence-electron chi connectivity index (χ2n) is 7.49. The maximum absolute atomic E-state index is 10.9. The number of aromatic nitrogens is 1. The number of nitrogens with one attached hydrogen (secondary N) is 1. The number of hydrogen-bond acceptors (Lipinski definition) is 4. The number of aromatic hydroxyl groups is 1. The highest BCUT2D eigenvalue weighted by Gasteiger charge is 2.16. The monoisotopic (exact) mass is 411 g/mol. The maximum atomic E-state index is 10.9. The van der Waals surface area contributed by atoms with E-state index in [2.05, 4.69) is 55.0 Å². The number of halogens is 1. The lowest BCUT2D eigenvalue weighted by atomic mass is 9.94. The zero-order chi connectivity index (χ0) is 21.0. The van der Waals surface area contributed by atoms with Gasteiger partial charge in [0.05, 0.1) is 5.52 Å². The van der Waals surface area contributed by atoms with Crippen molar-refractivity contribution in [2.24, 2.45) is 0 Å². The Hall–Kier alpha value is -2.30. The summed E-state index contributed by atoms with van der Waals surface area (Å²) in [5.41, 5.74) is 4.74. The van der Waals surface area contributed by atoms with Crippen molar-refractivity contribution in [3.05, 3.63) is 58.7 Å². The minimum absolute atomic E-state index is 0.278. The van der Waals surface area contributed by atoms with E-state index in [1.807, 2.05) is 24.3 Å². The average Bonchev–Trinajstić information content (AvgIpc) is 2.73. The van der Waals surface area contributed by atoms with Crippen LogP contribution in [0.3, 0.4) is 0 Å². The van der Waals surface area contributed by atoms with Gasteiger partial charge in [-0.2, -0.15) is 0 Å². The van der Waals surface area contributed by atoms with Crippen LogP contribution in [-0.4, -0.2) is 28.1 Å². The highest BCUT2D eigenvalue weighted by atomic mass is 35.5. The molecule has 1 atom stereocenters. The van der Waals surface area contributed by atoms with Gasteiger partial charge >= 0.3 is 0 Å². The summed E-state index contributed by atoms with van der Waals surface area (Å²) in [6.45, 7) is 11.2. The normalized spacial score (nSPS) is 12.5. The van der Waals surface area contributed by atoms with E-state index in [1.54, 1.807) is 6.20 Å². The summed E-state index contributed by atoms with van der Waals surface area (Å²) in [5.74, 6) is 0.698. The third-order valence-corrected chi connectivity index (χ3v) is 5.87. The summed E-state index contributed by atoms with van der Waals surface area (Å²) in [7, 11) is 0. The molecule has 0 saturated heterocycles. The van der Waals surface area contributed by atoms with E-state index in [0.29, 0.717) is 10.8 Å². The molecule has 0 spiro atoms. The molecule has 0 aliphatic heterocycles. The van der Waals surface area contributed by atoms with Crippen LogP contribution in [0.1, 0.15) is 51.2 Å². The summed E-state index contributed by atoms with van der Waals surface area (Å²) < 4.78 is 0. The molecule has 3 rings (SSSR count). The molecular weight excluding hydrogens is 382 g/mol. The highest BCUT2D eigenvalue weighted by Crippen LogP contribution is 2.36. The first-order chi connectivity index (χ1) is 14.0. The molecule has 0 aliphatic rings. The predicted molar refractivity (Wildman–Crippen MR) is 123 cm³/mol. The summed E-state index contributed by atoms with van der Waals surface area (Å²) in [5, 5.41) is 16.2. The molecule has 0 aliphatic carbocycles. The van der Waals surface area contributed by atoms with Crippen LogP contribution in [0.15, 0.2) is 42.6 Å². The molecule has 1 aromatic heterocycles. The molecule has 2 N–H and O–H groups in total. The Morgan fingerprint density at radius 3 is 2.55 bits per heavy atom. The maximum Gasteiger partial charge on any atom is 0.123 e. The fourth-order valence-electron chi connectivity index (χ4n) is 3.58. The van der Waals surface area contributed by atoms with Crippen molar-refractivity contribution in [1.29, 1.82) is 0 Å². The van der Waals surface area contributed by atoms with Crippen LogP contribution in [-0.2, 0) is 6.54 Å². The summed E-state index contributed by atoms with van der Waals surface area (Å²) in [4.78, 5) is 6.73. The Bertz CT molecular complexity index is 985. The van der Waals surface area contributed by atoms with Crippen LogP contribution >= 0.6 is 11.6 Å². The van der Waals surface area contributed by atoms with Gasteiger partial charge in [-0.15, -0.1) is 0 Å². The molecule has 4 nitrogen and oxygen atoms in total. The Labute approximate surface area is 178 Å². The molecule has 1 unspecified atom stereocenters. The van der Waals surface area contributed by atoms with Crippen LogP contribution in [0.5, 0.6) is 5.75 Å². The van der Waals surface area contributed by atoms with E-state index < -0.39 is 0 Å². The van der Waals surface area contributed by atoms with Gasteiger partial charge in [0, 0.05) is 40.1 Å². The number of benzene rings is 2. The number of hydrogen-bond donors (Lipinski definition) is 2. The van der Waals surface area contributed by atoms with Gasteiger partial charge in [0.1, 0.15) is 5.75 Å². The van der Waals surface area contributed by atoms with E-state index in [1.165, 1.54) is 0 Å². The fraction of sp³-hybridized carbons (Fsp3) is 0.375. The Morgan fingerprint density at radius 1 is 1.10 bits per heavy atom. The Morgan fingerprint density at radius 2 is 1.86 bits per heavy atom. The van der Waals surface area contributed by atoms with Crippen LogP contribution in [0.25, 0.3) is 10.9 Å². The predicted octanol–water partition coefficient (Wildman–Crippen LogP) is 6.69. The first kappa shape index (κ1) is 21.4. The van der Waals surface area contributed by atoms with Crippen molar-refractivity contribution >= 4 is 33.9 Å². The van der Waals surface area contributed by atoms with Crippen molar-refractivity contribution in [2.45, 2.75) is 46.6 Å². The standard InChI is InChI=1S/C24H30ClN3O/c1-5-16(4)21-14-19(12-17(24(21)29)15-28(6-2)7-3)27-22-10-11-26-23-13-18(25)8-9-20(22)23/h8-14,16,29H,5-7,15H2,1-4H3,(H,26,27). The summed E-state index contributed by atoms with van der Waals surface area (Å²) in [6, 6.07) is 11.8. The minimum Gasteiger partial charge on any atom is -0.507 e. The van der Waals surface area contributed by atoms with E-state index in [-0.39, 0.29) is 5.92 Å². The SMILES string of the molecule is CCC(C)c1cc(Nc2ccnc3cc(Cl)ccc23)cc(CN(CC)CC)c1O. The van der Waals surface area contributed by atoms with Gasteiger partial charge in [0.15, 0.2) is 0 Å². The molecule has 0 bridgehead atoms. The van der Waals surface area contributed by atoms with Crippen LogP contribution in [0, 0.1) is 0 Å². The van der Waals surface area contributed by atoms with Gasteiger partial charge in [-0.25, -0.2) is 0 Å². The Kier molecular flexibility index (Phi) is 6.99. The second kappa shape index (κ2) is 9.47. The smallest absolute Gasteiger partial charge is 0.123 e. The quantitative estimate of drug-likeness (QED) is 0.405. The van der Waals surface area contributed by atoms with Crippen LogP contribution in [0.4, 0.5) is 11.4 Å². The molecule has 0 radical (unpaired) electrons. The molecular formula is C24H30ClN3O. The molecule has 1 heterocycles. The molecule has 0 fully saturated rings. The number of phenolic OH excluding ortho intramolecular Hbond substituents is 1. The van der Waals surface area contributed by atoms with Gasteiger partial charge in [-0.05, 0) is 67.4 Å². The lowest BCUT2D eigenvalue weighted by Crippen LogP contribution is -2.22. The molecule has 154 valence electrons. The number of phenols is 1. The Balaban J connectivity index is 2.04. The molecule has 0 saturated carbocycles. The minimum atomic E-state index is 0.278. The largest absolute Gasteiger partial charge is 0.507 e. The van der Waals surface area contributed by atoms with E-state index in [4.69, 9.17) is 11.6 Å². The van der Waals surface area contributed by atoms with Crippen LogP contribution < -0.4 is 5.32 Å². The first-order valence-corrected chi connectivity index (χ1v) is 10.7. The number of nitrogens with zero attached hydrogens (tertiary/aromatic N) is 2. The van der Waals surface area contributed by atoms with Gasteiger partial charge in [0.25, 0.3) is 0 Å². The zero-order valence-corrected chi connectivity index (χ0v) is 18.4. The zero-order valence-electron chi connectivity index (χ0n) is 17.7. The summed E-state index contributed by atoms with van der Waals surface area (Å²) in [6.07, 6.45) is 2.76. The van der Waals surface area contributed by atoms with E-state index >= 15 is 0 Å². The van der Waals surface area contributed by atoms with E-state index in [9.17, 15) is 5.11 Å². The first-order valence-electron chi connectivity index (χ1n) is 10.4. The van der Waals surface area contributed by atoms with Crippen molar-refractivity contribution < 1.29 is 5.11 Å². The van der Waals surface area contributed by atoms with Crippen molar-refractivity contribution in [3.8, 4) is 5.75 Å². The second-order valence-corrected chi connectivity index (χ2v) is 7.93. The van der Waals surface area contributed by atoms with E-state index in [0.717, 1.165) is 59.5 Å². The van der Waals surface area contributed by atoms with Crippen molar-refractivity contribution in [1.82, 2.24) is 9.88 Å². The van der Waals surface area contributed by atoms with Crippen LogP contribution in [0.2, 0.25) is 5.02 Å². The molecule has 29 heavy (non-hydrogen) atoms. The van der Waals surface area contributed by atoms with Gasteiger partial charge in [0.2, 0.25) is 0 Å². The van der Waals surface area contributed by atoms with Gasteiger partial charge < -0.3 is 10.4 Å². The van der Waals surface area contributed by atoms with Crippen molar-refractivity contribution in [3.63, 3.8) is 0 Å². The van der Waals surface area contributed by atoms with Gasteiger partial charge in [-0.3, -0.25) is 9.88 Å². The molecule has 3 aromatic rings. The lowest BCUT2D eigenvalue weighted by Gasteiger charge is -2.22. The topological polar surface area (TPSA) is 48.4 Å². The van der Waals surface area contributed by atoms with Crippen molar-refractivity contribution in [2.75, 3.05) is 18.4 Å². The number of pyridine rings is 1. The lowest BCUT2D eigenvalue weighted by molar-refractivity contribution is 0.290. The molecule has 5 heteroatoms. The number of anilines is 2. The average molecular weight is 412 g/mol.